The Kier molecular flexibility index (Phi) is 9.27. The van der Waals surface area contributed by atoms with Gasteiger partial charge in [-0.1, -0.05) is 46.1 Å². The molecular weight excluding hydrogens is 283 g/mol. The number of hydrogen-bond donors (Lipinski definition) is 0. The first kappa shape index (κ1) is 20.1. The van der Waals surface area contributed by atoms with Crippen molar-refractivity contribution in [3.05, 3.63) is 28.8 Å². The first-order chi connectivity index (χ1) is 8.95. The van der Waals surface area contributed by atoms with Crippen LogP contribution in [-0.4, -0.2) is 13.0 Å². The van der Waals surface area contributed by atoms with Gasteiger partial charge in [-0.05, 0) is 42.0 Å². The molecule has 1 rings (SSSR count). The molecule has 0 aliphatic carbocycles. The molecule has 0 aromatic heterocycles. The van der Waals surface area contributed by atoms with Crippen molar-refractivity contribution in [1.29, 1.82) is 0 Å². The Bertz CT molecular complexity index is 524. The van der Waals surface area contributed by atoms with Crippen LogP contribution in [0.25, 0.3) is 0 Å². The van der Waals surface area contributed by atoms with E-state index in [1.165, 1.54) is 11.6 Å². The predicted octanol–water partition coefficient (Wildman–Crippen LogP) is 0.452. The maximum Gasteiger partial charge on any atom is 1.00 e. The number of hydrogen-bond acceptors (Lipinski definition) is 3. The van der Waals surface area contributed by atoms with Crippen molar-refractivity contribution in [2.24, 2.45) is 0 Å². The quantitative estimate of drug-likeness (QED) is 0.543. The van der Waals surface area contributed by atoms with Gasteiger partial charge in [-0.25, -0.2) is 8.42 Å². The largest absolute Gasteiger partial charge is 1.00 e. The summed E-state index contributed by atoms with van der Waals surface area (Å²) in [6.45, 7) is 6.18. The Balaban J connectivity index is 0.00000361. The van der Waals surface area contributed by atoms with Gasteiger partial charge in [0.25, 0.3) is 0 Å². The molecule has 0 bridgehead atoms. The zero-order chi connectivity index (χ0) is 14.5. The van der Waals surface area contributed by atoms with E-state index in [9.17, 15) is 13.0 Å². The van der Waals surface area contributed by atoms with E-state index in [-0.39, 0.29) is 34.5 Å². The molecule has 5 heteroatoms. The third-order valence-corrected chi connectivity index (χ3v) is 4.20. The first-order valence-electron chi connectivity index (χ1n) is 7.05. The van der Waals surface area contributed by atoms with Gasteiger partial charge in [0.05, 0.1) is 4.90 Å². The number of aryl methyl sites for hydroxylation is 1. The molecular formula is C15H23NaO3S. The fraction of sp³-hybridized carbons (Fsp3) is 0.600. The Hall–Kier alpha value is 0.130. The van der Waals surface area contributed by atoms with Crippen LogP contribution in [0.4, 0.5) is 0 Å². The van der Waals surface area contributed by atoms with Crippen molar-refractivity contribution < 1.29 is 42.5 Å². The molecule has 20 heavy (non-hydrogen) atoms. The van der Waals surface area contributed by atoms with Crippen LogP contribution >= 0.6 is 0 Å². The second kappa shape index (κ2) is 9.21. The smallest absolute Gasteiger partial charge is 0.744 e. The normalized spacial score (nSPS) is 11.2. The van der Waals surface area contributed by atoms with Crippen molar-refractivity contribution in [1.82, 2.24) is 0 Å². The summed E-state index contributed by atoms with van der Waals surface area (Å²) in [7, 11) is -4.38. The average Bonchev–Trinajstić information content (AvgIpc) is 2.32. The van der Waals surface area contributed by atoms with E-state index in [4.69, 9.17) is 0 Å². The molecule has 0 N–H and O–H groups in total. The van der Waals surface area contributed by atoms with Crippen LogP contribution in [0.15, 0.2) is 17.0 Å². The molecule has 0 spiro atoms. The molecule has 0 saturated carbocycles. The van der Waals surface area contributed by atoms with E-state index in [1.54, 1.807) is 0 Å². The Morgan fingerprint density at radius 2 is 1.40 bits per heavy atom. The van der Waals surface area contributed by atoms with Crippen LogP contribution in [0.5, 0.6) is 0 Å². The fourth-order valence-corrected chi connectivity index (χ4v) is 3.31. The third-order valence-electron chi connectivity index (χ3n) is 3.27. The SMILES string of the molecule is CCCc1ccc(S(=O)(=O)[O-])c(CCC)c1CCC.[Na+]. The molecule has 108 valence electrons. The van der Waals surface area contributed by atoms with Crippen molar-refractivity contribution >= 4 is 10.1 Å². The molecule has 1 aromatic carbocycles. The van der Waals surface area contributed by atoms with Crippen LogP contribution in [0, 0.1) is 0 Å². The van der Waals surface area contributed by atoms with Crippen LogP contribution in [0.3, 0.4) is 0 Å². The summed E-state index contributed by atoms with van der Waals surface area (Å²) < 4.78 is 34.2. The van der Waals surface area contributed by atoms with E-state index in [2.05, 4.69) is 13.8 Å². The molecule has 0 amide bonds. The summed E-state index contributed by atoms with van der Waals surface area (Å²) in [5, 5.41) is 0. The monoisotopic (exact) mass is 306 g/mol. The molecule has 0 aliphatic rings. The molecule has 1 aromatic rings. The van der Waals surface area contributed by atoms with Crippen LogP contribution in [-0.2, 0) is 29.4 Å². The zero-order valence-corrected chi connectivity index (χ0v) is 15.8. The van der Waals surface area contributed by atoms with Crippen molar-refractivity contribution in [3.63, 3.8) is 0 Å². The summed E-state index contributed by atoms with van der Waals surface area (Å²) in [6, 6.07) is 3.32. The second-order valence-electron chi connectivity index (χ2n) is 4.88. The molecule has 0 heterocycles. The maximum absolute atomic E-state index is 11.4. The van der Waals surface area contributed by atoms with Gasteiger partial charge in [-0.3, -0.25) is 0 Å². The molecule has 0 radical (unpaired) electrons. The van der Waals surface area contributed by atoms with Gasteiger partial charge >= 0.3 is 29.6 Å². The van der Waals surface area contributed by atoms with Crippen LogP contribution in [0.1, 0.15) is 56.7 Å². The summed E-state index contributed by atoms with van der Waals surface area (Å²) in [5.74, 6) is 0. The molecule has 0 atom stereocenters. The van der Waals surface area contributed by atoms with E-state index in [0.29, 0.717) is 6.42 Å². The molecule has 0 unspecified atom stereocenters. The van der Waals surface area contributed by atoms with Gasteiger partial charge < -0.3 is 4.55 Å². The van der Waals surface area contributed by atoms with E-state index in [0.717, 1.165) is 43.2 Å². The number of rotatable bonds is 7. The zero-order valence-electron chi connectivity index (χ0n) is 13.0. The van der Waals surface area contributed by atoms with Gasteiger partial charge in [0.2, 0.25) is 0 Å². The van der Waals surface area contributed by atoms with Gasteiger partial charge in [-0.15, -0.1) is 0 Å². The topological polar surface area (TPSA) is 57.2 Å². The van der Waals surface area contributed by atoms with E-state index >= 15 is 0 Å². The minimum Gasteiger partial charge on any atom is -0.744 e. The standard InChI is InChI=1S/C15H24O3S.Na/c1-4-7-12-10-11-15(19(16,17)18)14(9-6-3)13(12)8-5-2;/h10-11H,4-9H2,1-3H3,(H,16,17,18);/q;+1/p-1. The fourth-order valence-electron chi connectivity index (χ4n) is 2.54. The van der Waals surface area contributed by atoms with Crippen molar-refractivity contribution in [3.8, 4) is 0 Å². The van der Waals surface area contributed by atoms with E-state index < -0.39 is 10.1 Å². The first-order valence-corrected chi connectivity index (χ1v) is 8.46. The number of benzene rings is 1. The average molecular weight is 306 g/mol. The molecule has 0 saturated heterocycles. The van der Waals surface area contributed by atoms with Crippen LogP contribution < -0.4 is 29.6 Å². The summed E-state index contributed by atoms with van der Waals surface area (Å²) in [5.41, 5.74) is 3.04. The summed E-state index contributed by atoms with van der Waals surface area (Å²) >= 11 is 0. The van der Waals surface area contributed by atoms with Gasteiger partial charge in [-0.2, -0.15) is 0 Å². The van der Waals surface area contributed by atoms with Crippen molar-refractivity contribution in [2.75, 3.05) is 0 Å². The summed E-state index contributed by atoms with van der Waals surface area (Å²) in [6.07, 6.45) is 5.25. The minimum absolute atomic E-state index is 0. The predicted molar refractivity (Wildman–Crippen MR) is 76.4 cm³/mol. The minimum atomic E-state index is -4.38. The summed E-state index contributed by atoms with van der Waals surface area (Å²) in [4.78, 5) is -0.0161. The van der Waals surface area contributed by atoms with Crippen LogP contribution in [0.2, 0.25) is 0 Å². The Morgan fingerprint density at radius 1 is 0.900 bits per heavy atom. The molecule has 0 aliphatic heterocycles. The van der Waals surface area contributed by atoms with Gasteiger partial charge in [0.1, 0.15) is 10.1 Å². The third kappa shape index (κ3) is 5.15. The van der Waals surface area contributed by atoms with Gasteiger partial charge in [0, 0.05) is 0 Å². The van der Waals surface area contributed by atoms with Crippen molar-refractivity contribution in [2.45, 2.75) is 64.2 Å². The molecule has 0 fully saturated rings. The Morgan fingerprint density at radius 3 is 1.85 bits per heavy atom. The Labute approximate surface area is 145 Å². The van der Waals surface area contributed by atoms with E-state index in [1.807, 2.05) is 13.0 Å². The second-order valence-corrected chi connectivity index (χ2v) is 6.23. The van der Waals surface area contributed by atoms with Gasteiger partial charge in [0.15, 0.2) is 0 Å². The maximum atomic E-state index is 11.4. The molecule has 3 nitrogen and oxygen atoms in total.